The molecule has 7 heteroatoms. The molecular weight excluding hydrogens is 555 g/mol. The van der Waals surface area contributed by atoms with Crippen molar-refractivity contribution >= 4 is 46.2 Å². The third-order valence-corrected chi connectivity index (χ3v) is 8.45. The van der Waals surface area contributed by atoms with Gasteiger partial charge in [0.05, 0.1) is 12.7 Å². The number of aryl methyl sites for hydroxylation is 1. The van der Waals surface area contributed by atoms with Crippen molar-refractivity contribution in [2.45, 2.75) is 25.7 Å². The van der Waals surface area contributed by atoms with Crippen LogP contribution in [0.4, 0.5) is 0 Å². The van der Waals surface area contributed by atoms with Crippen LogP contribution in [0.3, 0.4) is 0 Å². The summed E-state index contributed by atoms with van der Waals surface area (Å²) < 4.78 is 4.98. The summed E-state index contributed by atoms with van der Waals surface area (Å²) in [4.78, 5) is 26.0. The van der Waals surface area contributed by atoms with Crippen molar-refractivity contribution in [3.05, 3.63) is 116 Å². The maximum absolute atomic E-state index is 12.3. The second-order valence-corrected chi connectivity index (χ2v) is 11.5. The molecule has 5 rings (SSSR count). The number of hydrogen-bond donors (Lipinski definition) is 1. The average Bonchev–Trinajstić information content (AvgIpc) is 3.14. The molecule has 0 bridgehead atoms. The number of carbonyl (C=O) groups is 2. The lowest BCUT2D eigenvalue weighted by Crippen LogP contribution is -2.47. The topological polar surface area (TPSA) is 58.6 Å². The summed E-state index contributed by atoms with van der Waals surface area (Å²) in [5, 5.41) is 3.85. The van der Waals surface area contributed by atoms with E-state index in [4.69, 9.17) is 27.9 Å². The predicted octanol–water partition coefficient (Wildman–Crippen LogP) is 6.85. The molecule has 0 saturated carbocycles. The predicted molar refractivity (Wildman–Crippen MR) is 166 cm³/mol. The van der Waals surface area contributed by atoms with E-state index in [-0.39, 0.29) is 11.9 Å². The summed E-state index contributed by atoms with van der Waals surface area (Å²) in [5.41, 5.74) is 8.55. The molecule has 0 radical (unpaired) electrons. The number of methoxy groups -OCH3 is 1. The lowest BCUT2D eigenvalue weighted by atomic mass is 9.86. The molecule has 1 saturated heterocycles. The SMILES string of the molecule is CNC(=O)/C=C/CN1CC(Cc2ccc(C3=C(c4ccc(Cl)cc4Cl)CCCc4cc(C(=O)OC)ccc43)cc2)C1. The molecule has 3 aromatic rings. The van der Waals surface area contributed by atoms with Gasteiger partial charge in [-0.15, -0.1) is 0 Å². The van der Waals surface area contributed by atoms with Gasteiger partial charge in [-0.05, 0) is 94.8 Å². The van der Waals surface area contributed by atoms with Gasteiger partial charge in [0.25, 0.3) is 0 Å². The maximum atomic E-state index is 12.3. The smallest absolute Gasteiger partial charge is 0.337 e. The van der Waals surface area contributed by atoms with Crippen molar-refractivity contribution in [1.82, 2.24) is 10.2 Å². The molecule has 2 aliphatic rings. The molecule has 212 valence electrons. The summed E-state index contributed by atoms with van der Waals surface area (Å²) in [6.07, 6.45) is 7.17. The zero-order valence-corrected chi connectivity index (χ0v) is 24.9. The third kappa shape index (κ3) is 6.75. The number of likely N-dealkylation sites (N-methyl/N-ethyl adjacent to an activating group) is 1. The number of benzene rings is 3. The highest BCUT2D eigenvalue weighted by atomic mass is 35.5. The molecule has 1 amide bonds. The number of hydrogen-bond acceptors (Lipinski definition) is 4. The molecule has 1 fully saturated rings. The zero-order valence-electron chi connectivity index (χ0n) is 23.4. The summed E-state index contributed by atoms with van der Waals surface area (Å²) in [7, 11) is 3.05. The van der Waals surface area contributed by atoms with E-state index < -0.39 is 0 Å². The number of allylic oxidation sites excluding steroid dienone is 1. The van der Waals surface area contributed by atoms with E-state index in [2.05, 4.69) is 34.5 Å². The van der Waals surface area contributed by atoms with Crippen molar-refractivity contribution in [3.63, 3.8) is 0 Å². The highest BCUT2D eigenvalue weighted by Crippen LogP contribution is 2.42. The van der Waals surface area contributed by atoms with Crippen LogP contribution in [0.2, 0.25) is 10.0 Å². The third-order valence-electron chi connectivity index (χ3n) is 7.91. The number of rotatable bonds is 8. The first-order valence-corrected chi connectivity index (χ1v) is 14.7. The fraction of sp³-hybridized carbons (Fsp3) is 0.294. The Balaban J connectivity index is 1.42. The van der Waals surface area contributed by atoms with Crippen LogP contribution in [0.5, 0.6) is 0 Å². The van der Waals surface area contributed by atoms with Gasteiger partial charge in [-0.25, -0.2) is 4.79 Å². The summed E-state index contributed by atoms with van der Waals surface area (Å²) in [6.45, 7) is 2.85. The van der Waals surface area contributed by atoms with Gasteiger partial charge in [0.1, 0.15) is 0 Å². The van der Waals surface area contributed by atoms with Crippen LogP contribution in [0.25, 0.3) is 11.1 Å². The van der Waals surface area contributed by atoms with Crippen LogP contribution in [0.15, 0.2) is 72.8 Å². The van der Waals surface area contributed by atoms with E-state index in [1.807, 2.05) is 36.4 Å². The normalized spacial score (nSPS) is 15.8. The van der Waals surface area contributed by atoms with Crippen molar-refractivity contribution in [3.8, 4) is 0 Å². The maximum Gasteiger partial charge on any atom is 0.337 e. The van der Waals surface area contributed by atoms with Gasteiger partial charge < -0.3 is 10.1 Å². The minimum Gasteiger partial charge on any atom is -0.465 e. The summed E-state index contributed by atoms with van der Waals surface area (Å²) in [5.74, 6) is 0.205. The largest absolute Gasteiger partial charge is 0.465 e. The molecule has 1 aliphatic carbocycles. The minimum absolute atomic E-state index is 0.0704. The van der Waals surface area contributed by atoms with Crippen LogP contribution < -0.4 is 5.32 Å². The fourth-order valence-corrected chi connectivity index (χ4v) is 6.38. The van der Waals surface area contributed by atoms with Crippen LogP contribution in [-0.2, 0) is 22.4 Å². The monoisotopic (exact) mass is 588 g/mol. The van der Waals surface area contributed by atoms with E-state index in [1.165, 1.54) is 18.2 Å². The number of ether oxygens (including phenoxy) is 1. The fourth-order valence-electron chi connectivity index (χ4n) is 5.85. The Morgan fingerprint density at radius 3 is 2.46 bits per heavy atom. The van der Waals surface area contributed by atoms with Gasteiger partial charge >= 0.3 is 5.97 Å². The first-order chi connectivity index (χ1) is 19.9. The van der Waals surface area contributed by atoms with Crippen molar-refractivity contribution < 1.29 is 14.3 Å². The highest BCUT2D eigenvalue weighted by molar-refractivity contribution is 6.36. The molecule has 0 aromatic heterocycles. The quantitative estimate of drug-likeness (QED) is 0.231. The molecule has 3 aromatic carbocycles. The van der Waals surface area contributed by atoms with Crippen LogP contribution in [-0.4, -0.2) is 50.6 Å². The Morgan fingerprint density at radius 2 is 1.76 bits per heavy atom. The van der Waals surface area contributed by atoms with Gasteiger partial charge in [-0.1, -0.05) is 65.7 Å². The molecule has 0 atom stereocenters. The van der Waals surface area contributed by atoms with Crippen molar-refractivity contribution in [2.75, 3.05) is 33.8 Å². The van der Waals surface area contributed by atoms with Gasteiger partial charge in [0.15, 0.2) is 0 Å². The molecule has 1 N–H and O–H groups in total. The Hall–Kier alpha value is -3.38. The van der Waals surface area contributed by atoms with E-state index in [9.17, 15) is 9.59 Å². The average molecular weight is 590 g/mol. The molecule has 0 unspecified atom stereocenters. The Bertz CT molecular complexity index is 1500. The number of likely N-dealkylation sites (tertiary alicyclic amines) is 1. The zero-order chi connectivity index (χ0) is 28.9. The number of carbonyl (C=O) groups excluding carboxylic acids is 2. The molecular formula is C34H34Cl2N2O3. The number of esters is 1. The van der Waals surface area contributed by atoms with Gasteiger partial charge in [0.2, 0.25) is 5.91 Å². The number of nitrogens with one attached hydrogen (secondary N) is 1. The number of amides is 1. The molecule has 1 aliphatic heterocycles. The van der Waals surface area contributed by atoms with Gasteiger partial charge in [-0.2, -0.15) is 0 Å². The lowest BCUT2D eigenvalue weighted by Gasteiger charge is -2.38. The van der Waals surface area contributed by atoms with Gasteiger partial charge in [0, 0.05) is 42.8 Å². The second kappa shape index (κ2) is 13.1. The van der Waals surface area contributed by atoms with E-state index in [0.29, 0.717) is 21.5 Å². The Morgan fingerprint density at radius 1 is 1.00 bits per heavy atom. The number of halogens is 2. The molecule has 5 nitrogen and oxygen atoms in total. The van der Waals surface area contributed by atoms with E-state index in [1.54, 1.807) is 19.2 Å². The van der Waals surface area contributed by atoms with Crippen molar-refractivity contribution in [1.29, 1.82) is 0 Å². The minimum atomic E-state index is -0.329. The van der Waals surface area contributed by atoms with Crippen LogP contribution in [0.1, 0.15) is 51.0 Å². The molecule has 41 heavy (non-hydrogen) atoms. The standard InChI is InChI=1S/C34H34Cl2N2O3/c1-37-32(39)7-4-16-38-20-23(21-38)17-22-8-10-24(11-9-22)33-28-14-12-26(34(40)41-2)18-25(28)5-3-6-30(33)29-15-13-27(35)19-31(29)36/h4,7-15,18-19,23H,3,5-6,16-17,20-21H2,1-2H3,(H,37,39)/b7-4+. The van der Waals surface area contributed by atoms with Crippen molar-refractivity contribution in [2.24, 2.45) is 5.92 Å². The Labute approximate surface area is 251 Å². The molecule has 1 heterocycles. The number of nitrogens with zero attached hydrogens (tertiary/aromatic N) is 1. The van der Waals surface area contributed by atoms with Gasteiger partial charge in [-0.3, -0.25) is 9.69 Å². The number of fused-ring (bicyclic) bond motifs is 1. The first-order valence-electron chi connectivity index (χ1n) is 14.0. The van der Waals surface area contributed by atoms with Crippen LogP contribution >= 0.6 is 23.2 Å². The summed E-state index contributed by atoms with van der Waals surface area (Å²) in [6, 6.07) is 20.4. The summed E-state index contributed by atoms with van der Waals surface area (Å²) >= 11 is 13.0. The first kappa shape index (κ1) is 29.1. The van der Waals surface area contributed by atoms with E-state index in [0.717, 1.165) is 73.1 Å². The lowest BCUT2D eigenvalue weighted by molar-refractivity contribution is -0.116. The van der Waals surface area contributed by atoms with E-state index >= 15 is 0 Å². The van der Waals surface area contributed by atoms with Crippen LogP contribution in [0, 0.1) is 5.92 Å². The highest BCUT2D eigenvalue weighted by Gasteiger charge is 2.26. The Kier molecular flexibility index (Phi) is 9.29. The molecule has 0 spiro atoms. The second-order valence-electron chi connectivity index (χ2n) is 10.7.